The largest absolute Gasteiger partial charge is 0.423 e. The molecule has 0 aliphatic rings. The van der Waals surface area contributed by atoms with Gasteiger partial charge >= 0.3 is 12.2 Å². The molecule has 0 spiro atoms. The van der Waals surface area contributed by atoms with Gasteiger partial charge in [-0.25, -0.2) is 9.97 Å². The lowest BCUT2D eigenvalue weighted by atomic mass is 10.1. The van der Waals surface area contributed by atoms with Gasteiger partial charge in [0.15, 0.2) is 0 Å². The van der Waals surface area contributed by atoms with Crippen molar-refractivity contribution in [1.29, 1.82) is 0 Å². The molecule has 9 heteroatoms. The van der Waals surface area contributed by atoms with E-state index in [1.54, 1.807) is 0 Å². The molecule has 2 aromatic carbocycles. The molecule has 0 unspecified atom stereocenters. The number of aryl methyl sites for hydroxylation is 2. The Morgan fingerprint density at radius 1 is 1.00 bits per heavy atom. The molecule has 0 bridgehead atoms. The lowest BCUT2D eigenvalue weighted by Gasteiger charge is -2.10. The summed E-state index contributed by atoms with van der Waals surface area (Å²) in [5, 5.41) is -0.00445. The standard InChI is InChI=1S/C20H13ClF3N3O2/c1-10-5-11(2)7-12(6-10)17-26-15-9-25-19(27-18(15)29-17)28-16-8-13(20(22,23)24)3-4-14(16)21/h3-9H,1-2H3. The minimum Gasteiger partial charge on any atom is -0.423 e. The maximum absolute atomic E-state index is 12.9. The summed E-state index contributed by atoms with van der Waals surface area (Å²) in [4.78, 5) is 12.4. The van der Waals surface area contributed by atoms with E-state index in [4.69, 9.17) is 20.8 Å². The molecule has 0 N–H and O–H groups in total. The first kappa shape index (κ1) is 19.2. The summed E-state index contributed by atoms with van der Waals surface area (Å²) in [7, 11) is 0. The zero-order valence-electron chi connectivity index (χ0n) is 15.2. The van der Waals surface area contributed by atoms with Gasteiger partial charge in [0.05, 0.1) is 16.8 Å². The van der Waals surface area contributed by atoms with E-state index in [0.717, 1.165) is 34.9 Å². The van der Waals surface area contributed by atoms with Gasteiger partial charge in [0, 0.05) is 5.56 Å². The lowest BCUT2D eigenvalue weighted by Crippen LogP contribution is -2.05. The molecule has 4 rings (SSSR count). The Labute approximate surface area is 168 Å². The van der Waals surface area contributed by atoms with Crippen LogP contribution in [0.2, 0.25) is 5.02 Å². The van der Waals surface area contributed by atoms with Crippen molar-refractivity contribution in [3.05, 3.63) is 64.3 Å². The SMILES string of the molecule is Cc1cc(C)cc(-c2nc3cnc(Oc4cc(C(F)(F)F)ccc4Cl)nc3o2)c1. The second-order valence-electron chi connectivity index (χ2n) is 6.48. The van der Waals surface area contributed by atoms with Crippen LogP contribution in [0, 0.1) is 13.8 Å². The number of fused-ring (bicyclic) bond motifs is 1. The van der Waals surface area contributed by atoms with Crippen LogP contribution >= 0.6 is 11.6 Å². The number of benzene rings is 2. The average Bonchev–Trinajstić information content (AvgIpc) is 3.05. The molecule has 29 heavy (non-hydrogen) atoms. The monoisotopic (exact) mass is 419 g/mol. The van der Waals surface area contributed by atoms with Gasteiger partial charge in [-0.15, -0.1) is 0 Å². The molecule has 0 saturated heterocycles. The minimum atomic E-state index is -4.53. The number of ether oxygens (including phenoxy) is 1. The first-order valence-electron chi connectivity index (χ1n) is 8.46. The van der Waals surface area contributed by atoms with Crippen molar-refractivity contribution >= 4 is 22.8 Å². The number of nitrogens with zero attached hydrogens (tertiary/aromatic N) is 3. The van der Waals surface area contributed by atoms with Gasteiger partial charge in [-0.05, 0) is 44.2 Å². The number of oxazole rings is 1. The zero-order valence-corrected chi connectivity index (χ0v) is 16.0. The fourth-order valence-corrected chi connectivity index (χ4v) is 3.00. The van der Waals surface area contributed by atoms with Crippen molar-refractivity contribution in [2.24, 2.45) is 0 Å². The van der Waals surface area contributed by atoms with E-state index >= 15 is 0 Å². The number of rotatable bonds is 3. The van der Waals surface area contributed by atoms with Gasteiger partial charge in [0.25, 0.3) is 5.71 Å². The fourth-order valence-electron chi connectivity index (χ4n) is 2.85. The van der Waals surface area contributed by atoms with E-state index in [1.165, 1.54) is 6.20 Å². The highest BCUT2D eigenvalue weighted by Crippen LogP contribution is 2.36. The molecular weight excluding hydrogens is 407 g/mol. The van der Waals surface area contributed by atoms with Crippen LogP contribution in [0.5, 0.6) is 11.8 Å². The van der Waals surface area contributed by atoms with Crippen molar-refractivity contribution in [1.82, 2.24) is 15.0 Å². The summed E-state index contributed by atoms with van der Waals surface area (Å²) in [5.74, 6) is 0.144. The van der Waals surface area contributed by atoms with Crippen LogP contribution in [0.3, 0.4) is 0 Å². The van der Waals surface area contributed by atoms with Gasteiger partial charge in [-0.3, -0.25) is 0 Å². The molecule has 5 nitrogen and oxygen atoms in total. The topological polar surface area (TPSA) is 61.0 Å². The summed E-state index contributed by atoms with van der Waals surface area (Å²) >= 11 is 5.94. The van der Waals surface area contributed by atoms with Crippen LogP contribution < -0.4 is 4.74 Å². The van der Waals surface area contributed by atoms with E-state index < -0.39 is 11.7 Å². The Bertz CT molecular complexity index is 1200. The van der Waals surface area contributed by atoms with Crippen LogP contribution in [0.25, 0.3) is 22.7 Å². The number of hydrogen-bond donors (Lipinski definition) is 0. The van der Waals surface area contributed by atoms with Crippen molar-refractivity contribution in [2.45, 2.75) is 20.0 Å². The number of halogens is 4. The van der Waals surface area contributed by atoms with Crippen LogP contribution in [0.1, 0.15) is 16.7 Å². The van der Waals surface area contributed by atoms with Crippen LogP contribution in [0.4, 0.5) is 13.2 Å². The number of aromatic nitrogens is 3. The maximum Gasteiger partial charge on any atom is 0.416 e. The van der Waals surface area contributed by atoms with E-state index in [1.807, 2.05) is 32.0 Å². The lowest BCUT2D eigenvalue weighted by molar-refractivity contribution is -0.137. The normalized spacial score (nSPS) is 11.8. The molecular formula is C20H13ClF3N3O2. The average molecular weight is 420 g/mol. The molecule has 2 heterocycles. The predicted molar refractivity (Wildman–Crippen MR) is 101 cm³/mol. The maximum atomic E-state index is 12.9. The summed E-state index contributed by atoms with van der Waals surface area (Å²) < 4.78 is 49.8. The highest BCUT2D eigenvalue weighted by Gasteiger charge is 2.31. The quantitative estimate of drug-likeness (QED) is 0.386. The number of alkyl halides is 3. The van der Waals surface area contributed by atoms with E-state index in [-0.39, 0.29) is 22.5 Å². The Hall–Kier alpha value is -3.13. The Morgan fingerprint density at radius 3 is 2.41 bits per heavy atom. The molecule has 0 radical (unpaired) electrons. The number of hydrogen-bond acceptors (Lipinski definition) is 5. The summed E-state index contributed by atoms with van der Waals surface area (Å²) in [5.41, 5.74) is 2.53. The van der Waals surface area contributed by atoms with Gasteiger partial charge in [0.1, 0.15) is 11.3 Å². The minimum absolute atomic E-state index is 0.00445. The molecule has 4 aromatic rings. The van der Waals surface area contributed by atoms with Crippen LogP contribution in [-0.2, 0) is 6.18 Å². The van der Waals surface area contributed by atoms with E-state index in [0.29, 0.717) is 11.4 Å². The molecule has 0 aliphatic heterocycles. The second-order valence-corrected chi connectivity index (χ2v) is 6.89. The molecule has 148 valence electrons. The second kappa shape index (κ2) is 7.04. The van der Waals surface area contributed by atoms with Gasteiger partial charge in [-0.1, -0.05) is 28.8 Å². The Morgan fingerprint density at radius 2 is 1.72 bits per heavy atom. The highest BCUT2D eigenvalue weighted by atomic mass is 35.5. The zero-order chi connectivity index (χ0) is 20.8. The highest BCUT2D eigenvalue weighted by molar-refractivity contribution is 6.32. The fraction of sp³-hybridized carbons (Fsp3) is 0.150. The first-order valence-corrected chi connectivity index (χ1v) is 8.84. The van der Waals surface area contributed by atoms with Crippen molar-refractivity contribution in [3.8, 4) is 23.2 Å². The van der Waals surface area contributed by atoms with Gasteiger partial charge in [0.2, 0.25) is 5.89 Å². The first-order chi connectivity index (χ1) is 13.7. The van der Waals surface area contributed by atoms with Crippen molar-refractivity contribution in [3.63, 3.8) is 0 Å². The Balaban J connectivity index is 1.68. The van der Waals surface area contributed by atoms with Crippen LogP contribution in [0.15, 0.2) is 47.0 Å². The summed E-state index contributed by atoms with van der Waals surface area (Å²) in [6.45, 7) is 3.92. The molecule has 0 amide bonds. The summed E-state index contributed by atoms with van der Waals surface area (Å²) in [6.07, 6.45) is -3.16. The third kappa shape index (κ3) is 4.02. The van der Waals surface area contributed by atoms with E-state index in [9.17, 15) is 13.2 Å². The predicted octanol–water partition coefficient (Wildman–Crippen LogP) is 6.37. The summed E-state index contributed by atoms with van der Waals surface area (Å²) in [6, 6.07) is 8.42. The van der Waals surface area contributed by atoms with E-state index in [2.05, 4.69) is 15.0 Å². The van der Waals surface area contributed by atoms with Gasteiger partial charge in [-0.2, -0.15) is 18.2 Å². The molecule has 2 aromatic heterocycles. The van der Waals surface area contributed by atoms with Crippen molar-refractivity contribution in [2.75, 3.05) is 0 Å². The third-order valence-electron chi connectivity index (χ3n) is 4.06. The molecule has 0 fully saturated rings. The molecule has 0 atom stereocenters. The van der Waals surface area contributed by atoms with Crippen molar-refractivity contribution < 1.29 is 22.3 Å². The smallest absolute Gasteiger partial charge is 0.416 e. The Kier molecular flexibility index (Phi) is 4.66. The van der Waals surface area contributed by atoms with Gasteiger partial charge < -0.3 is 9.15 Å². The van der Waals surface area contributed by atoms with Crippen LogP contribution in [-0.4, -0.2) is 15.0 Å². The third-order valence-corrected chi connectivity index (χ3v) is 4.37. The molecule has 0 aliphatic carbocycles. The molecule has 0 saturated carbocycles.